The first kappa shape index (κ1) is 11.7. The van der Waals surface area contributed by atoms with Gasteiger partial charge in [-0.3, -0.25) is 0 Å². The summed E-state index contributed by atoms with van der Waals surface area (Å²) in [6, 6.07) is 1.82. The standard InChI is InChI=1S/C9H11BrO3S/c1-6(5-12-2)13-9(11)8-7(10)3-4-14-8/h3-4,6H,5H2,1-2H3. The SMILES string of the molecule is COCC(C)OC(=O)c1sccc1Br. The molecule has 0 N–H and O–H groups in total. The number of halogens is 1. The highest BCUT2D eigenvalue weighted by molar-refractivity contribution is 9.10. The molecule has 78 valence electrons. The molecular formula is C9H11BrO3S. The van der Waals surface area contributed by atoms with Crippen molar-refractivity contribution in [2.24, 2.45) is 0 Å². The Morgan fingerprint density at radius 1 is 1.71 bits per heavy atom. The minimum absolute atomic E-state index is 0.221. The van der Waals surface area contributed by atoms with E-state index in [0.717, 1.165) is 4.47 Å². The third kappa shape index (κ3) is 3.08. The predicted octanol–water partition coefficient (Wildman–Crippen LogP) is 2.70. The number of carbonyl (C=O) groups is 1. The quantitative estimate of drug-likeness (QED) is 0.795. The highest BCUT2D eigenvalue weighted by Gasteiger charge is 2.15. The van der Waals surface area contributed by atoms with Crippen LogP contribution in [0.3, 0.4) is 0 Å². The average Bonchev–Trinajstić information content (AvgIpc) is 2.51. The molecule has 1 aromatic heterocycles. The second kappa shape index (κ2) is 5.48. The molecule has 0 aromatic carbocycles. The van der Waals surface area contributed by atoms with Gasteiger partial charge in [0, 0.05) is 11.6 Å². The van der Waals surface area contributed by atoms with Crippen LogP contribution < -0.4 is 0 Å². The van der Waals surface area contributed by atoms with Crippen LogP contribution in [-0.2, 0) is 9.47 Å². The Balaban J connectivity index is 2.55. The molecule has 0 spiro atoms. The fourth-order valence-electron chi connectivity index (χ4n) is 0.944. The molecule has 1 atom stereocenters. The molecule has 14 heavy (non-hydrogen) atoms. The van der Waals surface area contributed by atoms with Crippen molar-refractivity contribution in [2.75, 3.05) is 13.7 Å². The van der Waals surface area contributed by atoms with Gasteiger partial charge in [0.25, 0.3) is 0 Å². The summed E-state index contributed by atoms with van der Waals surface area (Å²) in [5.74, 6) is -0.309. The molecule has 0 amide bonds. The molecule has 3 nitrogen and oxygen atoms in total. The number of methoxy groups -OCH3 is 1. The second-order valence-corrected chi connectivity index (χ2v) is 4.54. The average molecular weight is 279 g/mol. The van der Waals surface area contributed by atoms with Crippen molar-refractivity contribution in [1.29, 1.82) is 0 Å². The van der Waals surface area contributed by atoms with E-state index in [4.69, 9.17) is 9.47 Å². The van der Waals surface area contributed by atoms with Gasteiger partial charge in [0.2, 0.25) is 0 Å². The highest BCUT2D eigenvalue weighted by atomic mass is 79.9. The molecular weight excluding hydrogens is 268 g/mol. The van der Waals surface area contributed by atoms with Gasteiger partial charge < -0.3 is 9.47 Å². The Bertz CT molecular complexity index is 311. The van der Waals surface area contributed by atoms with E-state index in [-0.39, 0.29) is 12.1 Å². The molecule has 1 rings (SSSR count). The normalized spacial score (nSPS) is 12.5. The number of hydrogen-bond acceptors (Lipinski definition) is 4. The van der Waals surface area contributed by atoms with Gasteiger partial charge in [-0.1, -0.05) is 0 Å². The summed E-state index contributed by atoms with van der Waals surface area (Å²) >= 11 is 4.63. The van der Waals surface area contributed by atoms with Crippen LogP contribution in [0.15, 0.2) is 15.9 Å². The number of thiophene rings is 1. The smallest absolute Gasteiger partial charge is 0.349 e. The zero-order valence-corrected chi connectivity index (χ0v) is 10.4. The van der Waals surface area contributed by atoms with Crippen LogP contribution in [0, 0.1) is 0 Å². The highest BCUT2D eigenvalue weighted by Crippen LogP contribution is 2.23. The summed E-state index contributed by atoms with van der Waals surface area (Å²) in [6.45, 7) is 2.21. The molecule has 0 saturated heterocycles. The summed E-state index contributed by atoms with van der Waals surface area (Å²) < 4.78 is 10.8. The van der Waals surface area contributed by atoms with Gasteiger partial charge in [-0.15, -0.1) is 11.3 Å². The van der Waals surface area contributed by atoms with Crippen molar-refractivity contribution in [3.63, 3.8) is 0 Å². The van der Waals surface area contributed by atoms with Crippen LogP contribution in [0.4, 0.5) is 0 Å². The summed E-state index contributed by atoms with van der Waals surface area (Å²) in [5.41, 5.74) is 0. The molecule has 0 saturated carbocycles. The number of ether oxygens (including phenoxy) is 2. The maximum absolute atomic E-state index is 11.5. The van der Waals surface area contributed by atoms with E-state index < -0.39 is 0 Å². The summed E-state index contributed by atoms with van der Waals surface area (Å²) in [7, 11) is 1.57. The zero-order chi connectivity index (χ0) is 10.6. The first-order valence-corrected chi connectivity index (χ1v) is 5.75. The van der Waals surface area contributed by atoms with E-state index in [1.54, 1.807) is 14.0 Å². The van der Waals surface area contributed by atoms with E-state index in [9.17, 15) is 4.79 Å². The van der Waals surface area contributed by atoms with Gasteiger partial charge in [-0.2, -0.15) is 0 Å². The maximum Gasteiger partial charge on any atom is 0.349 e. The molecule has 1 aromatic rings. The van der Waals surface area contributed by atoms with Gasteiger partial charge in [-0.05, 0) is 34.3 Å². The Labute approximate surface area is 95.2 Å². The molecule has 0 aliphatic heterocycles. The van der Waals surface area contributed by atoms with Crippen LogP contribution in [-0.4, -0.2) is 25.8 Å². The minimum atomic E-state index is -0.309. The van der Waals surface area contributed by atoms with Crippen molar-refractivity contribution in [3.8, 4) is 0 Å². The van der Waals surface area contributed by atoms with Gasteiger partial charge in [-0.25, -0.2) is 4.79 Å². The van der Waals surface area contributed by atoms with Crippen LogP contribution in [0.1, 0.15) is 16.6 Å². The lowest BCUT2D eigenvalue weighted by Crippen LogP contribution is -2.19. The van der Waals surface area contributed by atoms with Crippen molar-refractivity contribution in [2.45, 2.75) is 13.0 Å². The Kier molecular flexibility index (Phi) is 4.57. The maximum atomic E-state index is 11.5. The molecule has 0 radical (unpaired) electrons. The van der Waals surface area contributed by atoms with Crippen LogP contribution in [0.2, 0.25) is 0 Å². The van der Waals surface area contributed by atoms with Gasteiger partial charge in [0.05, 0.1) is 6.61 Å². The number of carbonyl (C=O) groups excluding carboxylic acids is 1. The number of rotatable bonds is 4. The first-order valence-electron chi connectivity index (χ1n) is 4.08. The molecule has 1 heterocycles. The molecule has 5 heteroatoms. The molecule has 1 unspecified atom stereocenters. The van der Waals surface area contributed by atoms with Crippen molar-refractivity contribution in [3.05, 3.63) is 20.8 Å². The van der Waals surface area contributed by atoms with Crippen LogP contribution in [0.25, 0.3) is 0 Å². The van der Waals surface area contributed by atoms with E-state index in [2.05, 4.69) is 15.9 Å². The molecule has 0 fully saturated rings. The first-order chi connectivity index (χ1) is 6.65. The van der Waals surface area contributed by atoms with Gasteiger partial charge in [0.1, 0.15) is 11.0 Å². The van der Waals surface area contributed by atoms with E-state index in [0.29, 0.717) is 11.5 Å². The van der Waals surface area contributed by atoms with Crippen LogP contribution in [0.5, 0.6) is 0 Å². The van der Waals surface area contributed by atoms with Crippen molar-refractivity contribution >= 4 is 33.2 Å². The fourth-order valence-corrected chi connectivity index (χ4v) is 2.36. The molecule has 0 aliphatic carbocycles. The lowest BCUT2D eigenvalue weighted by Gasteiger charge is -2.11. The third-order valence-corrected chi connectivity index (χ3v) is 3.33. The topological polar surface area (TPSA) is 35.5 Å². The third-order valence-electron chi connectivity index (χ3n) is 1.51. The molecule has 0 bridgehead atoms. The Morgan fingerprint density at radius 3 is 2.93 bits per heavy atom. The van der Waals surface area contributed by atoms with Gasteiger partial charge >= 0.3 is 5.97 Å². The fraction of sp³-hybridized carbons (Fsp3) is 0.444. The minimum Gasteiger partial charge on any atom is -0.456 e. The Morgan fingerprint density at radius 2 is 2.43 bits per heavy atom. The van der Waals surface area contributed by atoms with Crippen molar-refractivity contribution in [1.82, 2.24) is 0 Å². The van der Waals surface area contributed by atoms with Crippen LogP contribution >= 0.6 is 27.3 Å². The molecule has 0 aliphatic rings. The lowest BCUT2D eigenvalue weighted by molar-refractivity contribution is 0.0124. The Hall–Kier alpha value is -0.390. The number of hydrogen-bond donors (Lipinski definition) is 0. The van der Waals surface area contributed by atoms with Gasteiger partial charge in [0.15, 0.2) is 0 Å². The predicted molar refractivity (Wildman–Crippen MR) is 58.8 cm³/mol. The lowest BCUT2D eigenvalue weighted by atomic mass is 10.4. The monoisotopic (exact) mass is 278 g/mol. The van der Waals surface area contributed by atoms with E-state index >= 15 is 0 Å². The zero-order valence-electron chi connectivity index (χ0n) is 7.95. The largest absolute Gasteiger partial charge is 0.456 e. The van der Waals surface area contributed by atoms with E-state index in [1.807, 2.05) is 11.4 Å². The summed E-state index contributed by atoms with van der Waals surface area (Å²) in [4.78, 5) is 12.1. The second-order valence-electron chi connectivity index (χ2n) is 2.77. The van der Waals surface area contributed by atoms with Crippen molar-refractivity contribution < 1.29 is 14.3 Å². The summed E-state index contributed by atoms with van der Waals surface area (Å²) in [6.07, 6.45) is -0.221. The summed E-state index contributed by atoms with van der Waals surface area (Å²) in [5, 5.41) is 1.83. The number of esters is 1. The van der Waals surface area contributed by atoms with E-state index in [1.165, 1.54) is 11.3 Å².